The van der Waals surface area contributed by atoms with Gasteiger partial charge in [0.05, 0.1) is 11.9 Å². The standard InChI is InChI=1S/C16H26O3/c1-2-3-4-5-6-7-14(18)16-13-10-12(17)8-11(13)9-15(16)19/h7,11,13,15-16,18-19H,2-6,8-10H2,1H3/b14-7+/t11-,13-,15+,16-/m0/s1. The van der Waals surface area contributed by atoms with Crippen molar-refractivity contribution in [1.82, 2.24) is 0 Å². The molecular formula is C16H26O3. The van der Waals surface area contributed by atoms with Gasteiger partial charge in [-0.15, -0.1) is 0 Å². The number of aliphatic hydroxyl groups excluding tert-OH is 2. The summed E-state index contributed by atoms with van der Waals surface area (Å²) in [5.74, 6) is 0.897. The van der Waals surface area contributed by atoms with Gasteiger partial charge >= 0.3 is 0 Å². The highest BCUT2D eigenvalue weighted by molar-refractivity contribution is 5.81. The number of carbonyl (C=O) groups is 1. The normalized spacial score (nSPS) is 34.8. The first-order chi connectivity index (χ1) is 9.13. The van der Waals surface area contributed by atoms with E-state index in [1.165, 1.54) is 19.3 Å². The van der Waals surface area contributed by atoms with Crippen LogP contribution in [0, 0.1) is 17.8 Å². The number of allylic oxidation sites excluding steroid dienone is 1. The molecule has 3 heteroatoms. The highest BCUT2D eigenvalue weighted by Crippen LogP contribution is 2.48. The van der Waals surface area contributed by atoms with E-state index in [0.717, 1.165) is 12.8 Å². The van der Waals surface area contributed by atoms with Gasteiger partial charge in [-0.2, -0.15) is 0 Å². The van der Waals surface area contributed by atoms with Crippen molar-refractivity contribution in [1.29, 1.82) is 0 Å². The fourth-order valence-electron chi connectivity index (χ4n) is 3.75. The number of carbonyl (C=O) groups excluding carboxylic acids is 1. The van der Waals surface area contributed by atoms with Crippen molar-refractivity contribution in [2.24, 2.45) is 17.8 Å². The lowest BCUT2D eigenvalue weighted by Crippen LogP contribution is -2.22. The summed E-state index contributed by atoms with van der Waals surface area (Å²) in [5.41, 5.74) is 0. The Morgan fingerprint density at radius 2 is 2.11 bits per heavy atom. The molecule has 4 atom stereocenters. The Bertz CT molecular complexity index is 348. The van der Waals surface area contributed by atoms with Crippen molar-refractivity contribution < 1.29 is 15.0 Å². The van der Waals surface area contributed by atoms with Crippen LogP contribution in [0.25, 0.3) is 0 Å². The summed E-state index contributed by atoms with van der Waals surface area (Å²) >= 11 is 0. The van der Waals surface area contributed by atoms with Crippen LogP contribution in [-0.4, -0.2) is 22.1 Å². The van der Waals surface area contributed by atoms with Crippen molar-refractivity contribution >= 4 is 5.78 Å². The van der Waals surface area contributed by atoms with Crippen LogP contribution in [0.2, 0.25) is 0 Å². The van der Waals surface area contributed by atoms with Gasteiger partial charge in [0, 0.05) is 18.8 Å². The molecule has 0 aromatic carbocycles. The minimum atomic E-state index is -0.463. The van der Waals surface area contributed by atoms with Gasteiger partial charge in [0.15, 0.2) is 0 Å². The minimum absolute atomic E-state index is 0.175. The van der Waals surface area contributed by atoms with Gasteiger partial charge in [0.1, 0.15) is 5.78 Å². The van der Waals surface area contributed by atoms with E-state index in [-0.39, 0.29) is 11.8 Å². The molecule has 0 bridgehead atoms. The first-order valence-corrected chi connectivity index (χ1v) is 7.72. The lowest BCUT2D eigenvalue weighted by Gasteiger charge is -2.19. The second-order valence-corrected chi connectivity index (χ2v) is 6.18. The Morgan fingerprint density at radius 3 is 2.84 bits per heavy atom. The van der Waals surface area contributed by atoms with E-state index in [1.54, 1.807) is 0 Å². The third-order valence-electron chi connectivity index (χ3n) is 4.73. The minimum Gasteiger partial charge on any atom is -0.512 e. The molecule has 0 aromatic rings. The van der Waals surface area contributed by atoms with Gasteiger partial charge in [0.25, 0.3) is 0 Å². The quantitative estimate of drug-likeness (QED) is 0.572. The monoisotopic (exact) mass is 266 g/mol. The second-order valence-electron chi connectivity index (χ2n) is 6.18. The number of ketones is 1. The van der Waals surface area contributed by atoms with E-state index in [9.17, 15) is 15.0 Å². The first-order valence-electron chi connectivity index (χ1n) is 7.72. The first kappa shape index (κ1) is 14.6. The Morgan fingerprint density at radius 1 is 1.32 bits per heavy atom. The number of aliphatic hydroxyl groups is 2. The van der Waals surface area contributed by atoms with Gasteiger partial charge in [-0.05, 0) is 37.2 Å². The Hall–Kier alpha value is -0.830. The van der Waals surface area contributed by atoms with Crippen LogP contribution in [0.15, 0.2) is 11.8 Å². The van der Waals surface area contributed by atoms with Crippen molar-refractivity contribution in [2.75, 3.05) is 0 Å². The number of Topliss-reactive ketones (excluding diaryl/α,β-unsaturated/α-hetero) is 1. The summed E-state index contributed by atoms with van der Waals surface area (Å²) < 4.78 is 0. The van der Waals surface area contributed by atoms with Crippen LogP contribution in [0.1, 0.15) is 58.3 Å². The van der Waals surface area contributed by atoms with Crippen molar-refractivity contribution in [3.63, 3.8) is 0 Å². The second kappa shape index (κ2) is 6.56. The molecule has 0 aliphatic heterocycles. The predicted octanol–water partition coefficient (Wildman–Crippen LogP) is 3.37. The molecule has 0 amide bonds. The molecule has 2 aliphatic carbocycles. The summed E-state index contributed by atoms with van der Waals surface area (Å²) in [6.45, 7) is 2.18. The Balaban J connectivity index is 1.88. The Kier molecular flexibility index (Phi) is 5.03. The van der Waals surface area contributed by atoms with E-state index in [2.05, 4.69) is 6.92 Å². The summed E-state index contributed by atoms with van der Waals surface area (Å²) in [4.78, 5) is 11.5. The lowest BCUT2D eigenvalue weighted by molar-refractivity contribution is -0.118. The highest BCUT2D eigenvalue weighted by atomic mass is 16.3. The predicted molar refractivity (Wildman–Crippen MR) is 74.8 cm³/mol. The molecule has 108 valence electrons. The Labute approximate surface area is 115 Å². The molecule has 3 nitrogen and oxygen atoms in total. The molecule has 19 heavy (non-hydrogen) atoms. The topological polar surface area (TPSA) is 57.5 Å². The summed E-state index contributed by atoms with van der Waals surface area (Å²) in [6.07, 6.45) is 8.83. The molecule has 2 N–H and O–H groups in total. The third kappa shape index (κ3) is 3.38. The van der Waals surface area contributed by atoms with E-state index in [0.29, 0.717) is 36.7 Å². The van der Waals surface area contributed by atoms with Crippen molar-refractivity contribution in [2.45, 2.75) is 64.4 Å². The number of rotatable bonds is 6. The van der Waals surface area contributed by atoms with Gasteiger partial charge in [-0.3, -0.25) is 4.79 Å². The summed E-state index contributed by atoms with van der Waals surface area (Å²) in [7, 11) is 0. The van der Waals surface area contributed by atoms with Crippen LogP contribution in [0.5, 0.6) is 0 Å². The fraction of sp³-hybridized carbons (Fsp3) is 0.812. The average Bonchev–Trinajstić information content (AvgIpc) is 2.83. The molecule has 0 saturated heterocycles. The van der Waals surface area contributed by atoms with Gasteiger partial charge in [-0.25, -0.2) is 0 Å². The molecule has 2 aliphatic rings. The maximum Gasteiger partial charge on any atom is 0.133 e. The SMILES string of the molecule is CCCCCC/C=C(/O)[C@@H]1[C@H]2CC(=O)C[C@H]2C[C@H]1O. The van der Waals surface area contributed by atoms with Crippen molar-refractivity contribution in [3.05, 3.63) is 11.8 Å². The molecule has 0 unspecified atom stereocenters. The van der Waals surface area contributed by atoms with E-state index < -0.39 is 6.10 Å². The number of hydrogen-bond donors (Lipinski definition) is 2. The van der Waals surface area contributed by atoms with Crippen LogP contribution < -0.4 is 0 Å². The number of fused-ring (bicyclic) bond motifs is 1. The number of hydrogen-bond acceptors (Lipinski definition) is 3. The largest absolute Gasteiger partial charge is 0.512 e. The van der Waals surface area contributed by atoms with Crippen molar-refractivity contribution in [3.8, 4) is 0 Å². The van der Waals surface area contributed by atoms with Gasteiger partial charge in [-0.1, -0.05) is 26.2 Å². The molecule has 2 rings (SSSR count). The maximum atomic E-state index is 11.5. The maximum absolute atomic E-state index is 11.5. The van der Waals surface area contributed by atoms with Crippen LogP contribution >= 0.6 is 0 Å². The number of unbranched alkanes of at least 4 members (excludes halogenated alkanes) is 4. The summed E-state index contributed by atoms with van der Waals surface area (Å²) in [5, 5.41) is 20.3. The molecule has 2 saturated carbocycles. The molecular weight excluding hydrogens is 240 g/mol. The molecule has 0 heterocycles. The van der Waals surface area contributed by atoms with E-state index in [1.807, 2.05) is 6.08 Å². The smallest absolute Gasteiger partial charge is 0.133 e. The van der Waals surface area contributed by atoms with Gasteiger partial charge in [0.2, 0.25) is 0 Å². The molecule has 0 radical (unpaired) electrons. The van der Waals surface area contributed by atoms with E-state index >= 15 is 0 Å². The van der Waals surface area contributed by atoms with Crippen LogP contribution in [-0.2, 0) is 4.79 Å². The van der Waals surface area contributed by atoms with Crippen LogP contribution in [0.3, 0.4) is 0 Å². The zero-order valence-corrected chi connectivity index (χ0v) is 11.8. The molecule has 0 aromatic heterocycles. The van der Waals surface area contributed by atoms with Crippen LogP contribution in [0.4, 0.5) is 0 Å². The van der Waals surface area contributed by atoms with E-state index in [4.69, 9.17) is 0 Å². The molecule has 2 fully saturated rings. The zero-order valence-electron chi connectivity index (χ0n) is 11.8. The lowest BCUT2D eigenvalue weighted by atomic mass is 9.89. The highest BCUT2D eigenvalue weighted by Gasteiger charge is 2.49. The fourth-order valence-corrected chi connectivity index (χ4v) is 3.75. The average molecular weight is 266 g/mol. The third-order valence-corrected chi connectivity index (χ3v) is 4.73. The molecule has 0 spiro atoms. The van der Waals surface area contributed by atoms with Gasteiger partial charge < -0.3 is 10.2 Å². The summed E-state index contributed by atoms with van der Waals surface area (Å²) in [6, 6.07) is 0. The zero-order chi connectivity index (χ0) is 13.8.